The number of rotatable bonds is 4. The lowest BCUT2D eigenvalue weighted by molar-refractivity contribution is 0.779. The van der Waals surface area contributed by atoms with Crippen LogP contribution in [0.25, 0.3) is 5.69 Å². The van der Waals surface area contributed by atoms with E-state index in [1.165, 1.54) is 0 Å². The molecular weight excluding hydrogens is 295 g/mol. The van der Waals surface area contributed by atoms with Crippen molar-refractivity contribution in [3.05, 3.63) is 39.1 Å². The molecular formula is C11H11Cl3N4. The SMILES string of the molecule is NCCCc1cn(-c2c(Cl)cc(Cl)cc2Cl)nn1. The van der Waals surface area contributed by atoms with E-state index >= 15 is 0 Å². The van der Waals surface area contributed by atoms with Gasteiger partial charge in [-0.25, -0.2) is 4.68 Å². The number of aromatic nitrogens is 3. The lowest BCUT2D eigenvalue weighted by atomic mass is 10.2. The third kappa shape index (κ3) is 2.95. The van der Waals surface area contributed by atoms with E-state index in [1.807, 2.05) is 0 Å². The van der Waals surface area contributed by atoms with Crippen LogP contribution in [0.15, 0.2) is 18.3 Å². The Morgan fingerprint density at radius 2 is 1.83 bits per heavy atom. The second-order valence-electron chi connectivity index (χ2n) is 3.76. The van der Waals surface area contributed by atoms with Crippen LogP contribution in [0.4, 0.5) is 0 Å². The fraction of sp³-hybridized carbons (Fsp3) is 0.273. The van der Waals surface area contributed by atoms with Gasteiger partial charge in [-0.2, -0.15) is 0 Å². The molecule has 0 bridgehead atoms. The maximum absolute atomic E-state index is 6.11. The van der Waals surface area contributed by atoms with Crippen LogP contribution in [0, 0.1) is 0 Å². The Kier molecular flexibility index (Phi) is 4.45. The highest BCUT2D eigenvalue weighted by atomic mass is 35.5. The molecule has 2 rings (SSSR count). The zero-order chi connectivity index (χ0) is 13.1. The van der Waals surface area contributed by atoms with Gasteiger partial charge in [0.2, 0.25) is 0 Å². The second kappa shape index (κ2) is 5.89. The molecule has 0 aliphatic rings. The lowest BCUT2D eigenvalue weighted by Gasteiger charge is -2.06. The molecule has 0 aliphatic heterocycles. The molecule has 2 N–H and O–H groups in total. The van der Waals surface area contributed by atoms with Gasteiger partial charge in [0, 0.05) is 5.02 Å². The summed E-state index contributed by atoms with van der Waals surface area (Å²) >= 11 is 18.1. The van der Waals surface area contributed by atoms with Crippen molar-refractivity contribution in [2.45, 2.75) is 12.8 Å². The summed E-state index contributed by atoms with van der Waals surface area (Å²) in [6.45, 7) is 0.620. The Morgan fingerprint density at radius 1 is 1.17 bits per heavy atom. The average molecular weight is 306 g/mol. The summed E-state index contributed by atoms with van der Waals surface area (Å²) < 4.78 is 1.55. The molecule has 18 heavy (non-hydrogen) atoms. The molecule has 1 aromatic carbocycles. The van der Waals surface area contributed by atoms with Gasteiger partial charge in [0.1, 0.15) is 5.69 Å². The largest absolute Gasteiger partial charge is 0.330 e. The maximum atomic E-state index is 6.11. The van der Waals surface area contributed by atoms with Gasteiger partial charge < -0.3 is 5.73 Å². The standard InChI is InChI=1S/C11H11Cl3N4/c12-7-4-9(13)11(10(14)5-7)18-6-8(16-17-18)2-1-3-15/h4-6H,1-3,15H2. The first-order chi connectivity index (χ1) is 8.61. The second-order valence-corrected chi connectivity index (χ2v) is 5.02. The molecule has 1 heterocycles. The molecule has 0 unspecified atom stereocenters. The van der Waals surface area contributed by atoms with Gasteiger partial charge in [0.05, 0.1) is 21.9 Å². The summed E-state index contributed by atoms with van der Waals surface area (Å²) in [6.07, 6.45) is 3.43. The molecule has 2 aromatic rings. The van der Waals surface area contributed by atoms with Gasteiger partial charge in [0.25, 0.3) is 0 Å². The summed E-state index contributed by atoms with van der Waals surface area (Å²) in [6, 6.07) is 3.23. The topological polar surface area (TPSA) is 56.7 Å². The Balaban J connectivity index is 2.34. The minimum Gasteiger partial charge on any atom is -0.330 e. The number of hydrogen-bond donors (Lipinski definition) is 1. The Morgan fingerprint density at radius 3 is 2.44 bits per heavy atom. The Hall–Kier alpha value is -0.810. The molecule has 4 nitrogen and oxygen atoms in total. The van der Waals surface area contributed by atoms with Crippen LogP contribution in [0.5, 0.6) is 0 Å². The molecule has 0 spiro atoms. The van der Waals surface area contributed by atoms with E-state index in [4.69, 9.17) is 40.5 Å². The van der Waals surface area contributed by atoms with E-state index in [1.54, 1.807) is 23.0 Å². The normalized spacial score (nSPS) is 10.9. The van der Waals surface area contributed by atoms with Crippen molar-refractivity contribution in [3.63, 3.8) is 0 Å². The number of nitrogens with zero attached hydrogens (tertiary/aromatic N) is 3. The Bertz CT molecular complexity index is 530. The molecule has 0 saturated carbocycles. The quantitative estimate of drug-likeness (QED) is 0.944. The van der Waals surface area contributed by atoms with Crippen molar-refractivity contribution < 1.29 is 0 Å². The third-order valence-electron chi connectivity index (χ3n) is 2.39. The van der Waals surface area contributed by atoms with Crippen molar-refractivity contribution in [2.24, 2.45) is 5.73 Å². The predicted octanol–water partition coefficient (Wildman–Crippen LogP) is 3.12. The highest BCUT2D eigenvalue weighted by Crippen LogP contribution is 2.31. The van der Waals surface area contributed by atoms with Gasteiger partial charge in [-0.1, -0.05) is 40.0 Å². The first kappa shape index (κ1) is 13.6. The van der Waals surface area contributed by atoms with Gasteiger partial charge in [-0.05, 0) is 31.5 Å². The van der Waals surface area contributed by atoms with E-state index in [9.17, 15) is 0 Å². The highest BCUT2D eigenvalue weighted by molar-refractivity contribution is 6.40. The van der Waals surface area contributed by atoms with Crippen LogP contribution in [0.3, 0.4) is 0 Å². The van der Waals surface area contributed by atoms with Gasteiger partial charge >= 0.3 is 0 Å². The zero-order valence-corrected chi connectivity index (χ0v) is 11.7. The predicted molar refractivity (Wildman–Crippen MR) is 73.8 cm³/mol. The number of benzene rings is 1. The van der Waals surface area contributed by atoms with E-state index in [0.29, 0.717) is 27.3 Å². The van der Waals surface area contributed by atoms with E-state index < -0.39 is 0 Å². The number of halogens is 3. The van der Waals surface area contributed by atoms with Crippen LogP contribution < -0.4 is 5.73 Å². The molecule has 1 aromatic heterocycles. The number of hydrogen-bond acceptors (Lipinski definition) is 3. The van der Waals surface area contributed by atoms with Crippen LogP contribution in [0.1, 0.15) is 12.1 Å². The zero-order valence-electron chi connectivity index (χ0n) is 9.41. The van der Waals surface area contributed by atoms with Crippen LogP contribution in [-0.2, 0) is 6.42 Å². The highest BCUT2D eigenvalue weighted by Gasteiger charge is 2.12. The molecule has 0 aliphatic carbocycles. The fourth-order valence-electron chi connectivity index (χ4n) is 1.56. The molecule has 0 fully saturated rings. The Labute approximate surface area is 120 Å². The molecule has 96 valence electrons. The molecule has 0 amide bonds. The molecule has 0 radical (unpaired) electrons. The van der Waals surface area contributed by atoms with Crippen LogP contribution >= 0.6 is 34.8 Å². The van der Waals surface area contributed by atoms with Gasteiger partial charge in [0.15, 0.2) is 0 Å². The van der Waals surface area contributed by atoms with Gasteiger partial charge in [-0.3, -0.25) is 0 Å². The van der Waals surface area contributed by atoms with Crippen molar-refractivity contribution in [3.8, 4) is 5.69 Å². The number of nitrogens with two attached hydrogens (primary N) is 1. The smallest absolute Gasteiger partial charge is 0.104 e. The first-order valence-electron chi connectivity index (χ1n) is 5.38. The third-order valence-corrected chi connectivity index (χ3v) is 3.18. The van der Waals surface area contributed by atoms with Crippen molar-refractivity contribution >= 4 is 34.8 Å². The molecule has 7 heteroatoms. The minimum atomic E-state index is 0.433. The summed E-state index contributed by atoms with van der Waals surface area (Å²) in [5, 5.41) is 9.40. The van der Waals surface area contributed by atoms with Crippen molar-refractivity contribution in [1.29, 1.82) is 0 Å². The van der Waals surface area contributed by atoms with E-state index in [-0.39, 0.29) is 0 Å². The minimum absolute atomic E-state index is 0.433. The fourth-order valence-corrected chi connectivity index (χ4v) is 2.55. The number of aryl methyl sites for hydroxylation is 1. The first-order valence-corrected chi connectivity index (χ1v) is 6.51. The van der Waals surface area contributed by atoms with Gasteiger partial charge in [-0.15, -0.1) is 5.10 Å². The maximum Gasteiger partial charge on any atom is 0.104 e. The summed E-state index contributed by atoms with van der Waals surface area (Å²) in [5.74, 6) is 0. The van der Waals surface area contributed by atoms with Crippen molar-refractivity contribution in [2.75, 3.05) is 6.54 Å². The average Bonchev–Trinajstić information content (AvgIpc) is 2.73. The molecule has 0 atom stereocenters. The monoisotopic (exact) mass is 304 g/mol. The molecule has 0 saturated heterocycles. The van der Waals surface area contributed by atoms with E-state index in [2.05, 4.69) is 10.3 Å². The van der Waals surface area contributed by atoms with E-state index in [0.717, 1.165) is 18.5 Å². The van der Waals surface area contributed by atoms with Crippen molar-refractivity contribution in [1.82, 2.24) is 15.0 Å². The summed E-state index contributed by atoms with van der Waals surface area (Å²) in [7, 11) is 0. The summed E-state index contributed by atoms with van der Waals surface area (Å²) in [4.78, 5) is 0. The van der Waals surface area contributed by atoms with Crippen LogP contribution in [0.2, 0.25) is 15.1 Å². The summed E-state index contributed by atoms with van der Waals surface area (Å²) in [5.41, 5.74) is 6.87. The van der Waals surface area contributed by atoms with Crippen LogP contribution in [-0.4, -0.2) is 21.5 Å². The lowest BCUT2D eigenvalue weighted by Crippen LogP contribution is -2.00.